The van der Waals surface area contributed by atoms with Gasteiger partial charge in [0.1, 0.15) is 12.2 Å². The Kier molecular flexibility index (Phi) is 5.12. The average molecular weight is 329 g/mol. The highest BCUT2D eigenvalue weighted by molar-refractivity contribution is 5.97. The van der Waals surface area contributed by atoms with Crippen LogP contribution in [0.5, 0.6) is 0 Å². The molecule has 24 heavy (non-hydrogen) atoms. The third kappa shape index (κ3) is 4.04. The van der Waals surface area contributed by atoms with Gasteiger partial charge in [-0.25, -0.2) is 0 Å². The molecule has 128 valence electrons. The smallest absolute Gasteiger partial charge is 0.311 e. The summed E-state index contributed by atoms with van der Waals surface area (Å²) in [6.07, 6.45) is 1.11. The lowest BCUT2D eigenvalue weighted by Gasteiger charge is -2.26. The van der Waals surface area contributed by atoms with Crippen LogP contribution in [-0.2, 0) is 16.6 Å². The summed E-state index contributed by atoms with van der Waals surface area (Å²) in [4.78, 5) is 23.4. The molecule has 2 rings (SSSR count). The molecule has 0 spiro atoms. The van der Waals surface area contributed by atoms with Crippen LogP contribution in [0.25, 0.3) is 0 Å². The second kappa shape index (κ2) is 6.91. The van der Waals surface area contributed by atoms with Crippen molar-refractivity contribution in [3.63, 3.8) is 0 Å². The highest BCUT2D eigenvalue weighted by Crippen LogP contribution is 2.24. The molecule has 2 N–H and O–H groups in total. The van der Waals surface area contributed by atoms with Crippen LogP contribution in [0.2, 0.25) is 0 Å². The summed E-state index contributed by atoms with van der Waals surface area (Å²) in [5.41, 5.74) is 3.01. The standard InChI is InChI=1S/C19H23NO4/c1-12-6-5-7-14(8-12)19(3,4)11-20-18(23)17-13(2)10-24-15(17)9-16(21)22/h5-8,10H,9,11H2,1-4H3,(H,20,23)(H,21,22). The zero-order valence-corrected chi connectivity index (χ0v) is 14.5. The first-order valence-electron chi connectivity index (χ1n) is 7.85. The number of carbonyl (C=O) groups is 2. The van der Waals surface area contributed by atoms with E-state index in [9.17, 15) is 9.59 Å². The fourth-order valence-corrected chi connectivity index (χ4v) is 2.63. The molecule has 1 aromatic heterocycles. The van der Waals surface area contributed by atoms with Gasteiger partial charge in [0.25, 0.3) is 5.91 Å². The topological polar surface area (TPSA) is 79.5 Å². The van der Waals surface area contributed by atoms with Gasteiger partial charge in [0.2, 0.25) is 0 Å². The van der Waals surface area contributed by atoms with E-state index in [0.717, 1.165) is 5.56 Å². The molecular weight excluding hydrogens is 306 g/mol. The van der Waals surface area contributed by atoms with Crippen molar-refractivity contribution in [2.24, 2.45) is 0 Å². The monoisotopic (exact) mass is 329 g/mol. The lowest BCUT2D eigenvalue weighted by molar-refractivity contribution is -0.136. The van der Waals surface area contributed by atoms with Gasteiger partial charge in [-0.1, -0.05) is 43.7 Å². The summed E-state index contributed by atoms with van der Waals surface area (Å²) >= 11 is 0. The lowest BCUT2D eigenvalue weighted by atomic mass is 9.84. The first-order chi connectivity index (χ1) is 11.2. The zero-order chi connectivity index (χ0) is 17.9. The van der Waals surface area contributed by atoms with Crippen molar-refractivity contribution in [3.05, 3.63) is 58.5 Å². The maximum absolute atomic E-state index is 12.5. The molecule has 0 saturated heterocycles. The summed E-state index contributed by atoms with van der Waals surface area (Å²) in [5, 5.41) is 11.8. The second-order valence-corrected chi connectivity index (χ2v) is 6.72. The zero-order valence-electron chi connectivity index (χ0n) is 14.5. The summed E-state index contributed by atoms with van der Waals surface area (Å²) in [6, 6.07) is 8.17. The summed E-state index contributed by atoms with van der Waals surface area (Å²) in [7, 11) is 0. The fourth-order valence-electron chi connectivity index (χ4n) is 2.63. The van der Waals surface area contributed by atoms with E-state index < -0.39 is 5.97 Å². The van der Waals surface area contributed by atoms with Crippen LogP contribution < -0.4 is 5.32 Å². The average Bonchev–Trinajstić information content (AvgIpc) is 2.85. The quantitative estimate of drug-likeness (QED) is 0.853. The number of aryl methyl sites for hydroxylation is 2. The Labute approximate surface area is 141 Å². The highest BCUT2D eigenvalue weighted by Gasteiger charge is 2.25. The maximum atomic E-state index is 12.5. The first kappa shape index (κ1) is 17.8. The van der Waals surface area contributed by atoms with Gasteiger partial charge < -0.3 is 14.8 Å². The Morgan fingerprint density at radius 1 is 1.25 bits per heavy atom. The number of rotatable bonds is 6. The Hall–Kier alpha value is -2.56. The van der Waals surface area contributed by atoms with Crippen molar-refractivity contribution >= 4 is 11.9 Å². The number of hydrogen-bond acceptors (Lipinski definition) is 3. The van der Waals surface area contributed by atoms with Crippen LogP contribution in [0.4, 0.5) is 0 Å². The molecule has 0 bridgehead atoms. The van der Waals surface area contributed by atoms with Gasteiger partial charge in [-0.15, -0.1) is 0 Å². The number of amides is 1. The summed E-state index contributed by atoms with van der Waals surface area (Å²) in [6.45, 7) is 8.32. The highest BCUT2D eigenvalue weighted by atomic mass is 16.4. The Morgan fingerprint density at radius 3 is 2.58 bits per heavy atom. The van der Waals surface area contributed by atoms with E-state index >= 15 is 0 Å². The molecule has 0 unspecified atom stereocenters. The largest absolute Gasteiger partial charge is 0.481 e. The van der Waals surface area contributed by atoms with E-state index in [-0.39, 0.29) is 23.5 Å². The van der Waals surface area contributed by atoms with E-state index in [1.165, 1.54) is 11.8 Å². The Bertz CT molecular complexity index is 758. The molecule has 5 nitrogen and oxygen atoms in total. The normalized spacial score (nSPS) is 11.3. The van der Waals surface area contributed by atoms with Crippen molar-refractivity contribution in [3.8, 4) is 0 Å². The molecule has 2 aromatic rings. The number of carboxylic acids is 1. The number of carboxylic acid groups (broad SMARTS) is 1. The summed E-state index contributed by atoms with van der Waals surface area (Å²) < 4.78 is 5.22. The SMILES string of the molecule is Cc1cccc(C(C)(C)CNC(=O)c2c(C)coc2CC(=O)O)c1. The minimum Gasteiger partial charge on any atom is -0.481 e. The molecule has 0 aliphatic rings. The molecule has 0 radical (unpaired) electrons. The molecule has 1 heterocycles. The Morgan fingerprint density at radius 2 is 1.96 bits per heavy atom. The minimum atomic E-state index is -1.03. The number of carbonyl (C=O) groups excluding carboxylic acids is 1. The van der Waals surface area contributed by atoms with Crippen molar-refractivity contribution in [2.45, 2.75) is 39.5 Å². The van der Waals surface area contributed by atoms with Gasteiger partial charge in [-0.05, 0) is 19.4 Å². The van der Waals surface area contributed by atoms with Gasteiger partial charge in [-0.2, -0.15) is 0 Å². The minimum absolute atomic E-state index is 0.186. The molecule has 0 aliphatic heterocycles. The predicted molar refractivity (Wildman–Crippen MR) is 91.3 cm³/mol. The van der Waals surface area contributed by atoms with Gasteiger partial charge in [-0.3, -0.25) is 9.59 Å². The van der Waals surface area contributed by atoms with Crippen LogP contribution in [0.15, 0.2) is 34.9 Å². The molecule has 0 saturated carbocycles. The van der Waals surface area contributed by atoms with Gasteiger partial charge in [0.15, 0.2) is 0 Å². The van der Waals surface area contributed by atoms with E-state index in [0.29, 0.717) is 17.7 Å². The van der Waals surface area contributed by atoms with Crippen LogP contribution in [0.1, 0.15) is 46.7 Å². The van der Waals surface area contributed by atoms with Crippen molar-refractivity contribution in [1.82, 2.24) is 5.32 Å². The fraction of sp³-hybridized carbons (Fsp3) is 0.368. The second-order valence-electron chi connectivity index (χ2n) is 6.72. The van der Waals surface area contributed by atoms with E-state index in [1.54, 1.807) is 6.92 Å². The van der Waals surface area contributed by atoms with Crippen molar-refractivity contribution < 1.29 is 19.1 Å². The van der Waals surface area contributed by atoms with Crippen LogP contribution >= 0.6 is 0 Å². The third-order valence-corrected chi connectivity index (χ3v) is 4.08. The van der Waals surface area contributed by atoms with Crippen LogP contribution in [0.3, 0.4) is 0 Å². The van der Waals surface area contributed by atoms with Crippen LogP contribution in [0, 0.1) is 13.8 Å². The van der Waals surface area contributed by atoms with Gasteiger partial charge in [0.05, 0.1) is 11.8 Å². The molecular formula is C19H23NO4. The van der Waals surface area contributed by atoms with E-state index in [4.69, 9.17) is 9.52 Å². The molecule has 0 atom stereocenters. The number of benzene rings is 1. The molecule has 0 aliphatic carbocycles. The van der Waals surface area contributed by atoms with Crippen molar-refractivity contribution in [1.29, 1.82) is 0 Å². The first-order valence-corrected chi connectivity index (χ1v) is 7.85. The van der Waals surface area contributed by atoms with E-state index in [1.807, 2.05) is 25.1 Å². The number of aliphatic carboxylic acids is 1. The number of furan rings is 1. The van der Waals surface area contributed by atoms with Crippen molar-refractivity contribution in [2.75, 3.05) is 6.54 Å². The Balaban J connectivity index is 2.13. The maximum Gasteiger partial charge on any atom is 0.311 e. The number of hydrogen-bond donors (Lipinski definition) is 2. The predicted octanol–water partition coefficient (Wildman–Crippen LogP) is 3.23. The molecule has 1 amide bonds. The molecule has 0 fully saturated rings. The van der Waals surface area contributed by atoms with E-state index in [2.05, 4.69) is 25.2 Å². The lowest BCUT2D eigenvalue weighted by Crippen LogP contribution is -2.37. The van der Waals surface area contributed by atoms with Gasteiger partial charge in [0, 0.05) is 17.5 Å². The third-order valence-electron chi connectivity index (χ3n) is 4.08. The van der Waals surface area contributed by atoms with Gasteiger partial charge >= 0.3 is 5.97 Å². The summed E-state index contributed by atoms with van der Waals surface area (Å²) in [5.74, 6) is -1.15. The van der Waals surface area contributed by atoms with Crippen LogP contribution in [-0.4, -0.2) is 23.5 Å². The molecule has 1 aromatic carbocycles. The molecule has 5 heteroatoms. The number of nitrogens with one attached hydrogen (secondary N) is 1.